The van der Waals surface area contributed by atoms with E-state index < -0.39 is 19.0 Å². The summed E-state index contributed by atoms with van der Waals surface area (Å²) in [6.45, 7) is 0. The Morgan fingerprint density at radius 1 is 0.367 bits per heavy atom. The van der Waals surface area contributed by atoms with Crippen molar-refractivity contribution >= 4 is 19.0 Å². The van der Waals surface area contributed by atoms with E-state index in [1.165, 1.54) is 22.3 Å². The molecule has 0 aliphatic rings. The minimum Gasteiger partial charge on any atom is -0.146 e. The second-order valence-electron chi connectivity index (χ2n) is 7.51. The Morgan fingerprint density at radius 3 is 0.833 bits per heavy atom. The molecule has 2 heteroatoms. The molecular weight excluding hydrogens is 392 g/mol. The van der Waals surface area contributed by atoms with Crippen LogP contribution in [0.15, 0.2) is 121 Å². The Morgan fingerprint density at radius 2 is 0.600 bits per heavy atom. The van der Waals surface area contributed by atoms with Crippen molar-refractivity contribution in [3.8, 4) is 11.1 Å². The lowest BCUT2D eigenvalue weighted by atomic mass is 10.0. The summed E-state index contributed by atoms with van der Waals surface area (Å²) < 4.78 is 0. The summed E-state index contributed by atoms with van der Waals surface area (Å²) in [5.74, 6) is 0. The van der Waals surface area contributed by atoms with E-state index in [-0.39, 0.29) is 0 Å². The van der Waals surface area contributed by atoms with Crippen LogP contribution in [0, 0.1) is 11.1 Å². The highest BCUT2D eigenvalue weighted by Crippen LogP contribution is 2.24. The number of hydrogen-bond donors (Lipinski definition) is 0. The number of rotatable bonds is 6. The molecule has 0 unspecified atom stereocenters. The van der Waals surface area contributed by atoms with Crippen molar-refractivity contribution in [2.75, 3.05) is 0 Å². The lowest BCUT2D eigenvalue weighted by Gasteiger charge is -2.16. The molecule has 0 saturated carbocycles. The Balaban J connectivity index is 1.55. The van der Waals surface area contributed by atoms with Crippen LogP contribution in [0.1, 0.15) is 33.3 Å². The molecule has 0 aliphatic heterocycles. The maximum atomic E-state index is 3.70. The molecule has 0 heterocycles. The van der Waals surface area contributed by atoms with Crippen LogP contribution in [-0.4, -0.2) is 19.0 Å². The van der Waals surface area contributed by atoms with Crippen molar-refractivity contribution in [2.45, 2.75) is 11.1 Å². The van der Waals surface area contributed by atoms with Gasteiger partial charge in [-0.3, -0.25) is 0 Å². The van der Waals surface area contributed by atoms with Crippen molar-refractivity contribution < 1.29 is 0 Å². The Labute approximate surface area is 184 Å². The van der Waals surface area contributed by atoms with Crippen LogP contribution in [0.2, 0.25) is 0 Å². The van der Waals surface area contributed by atoms with E-state index in [1.807, 2.05) is 0 Å². The summed E-state index contributed by atoms with van der Waals surface area (Å²) in [7, 11) is -1.20. The molecular formula is C28H26Si2. The zero-order valence-electron chi connectivity index (χ0n) is 17.1. The molecule has 146 valence electrons. The molecule has 0 N–H and O–H groups in total. The largest absolute Gasteiger partial charge is 0.146 e. The van der Waals surface area contributed by atoms with Crippen LogP contribution in [0.4, 0.5) is 0 Å². The van der Waals surface area contributed by atoms with Crippen LogP contribution in [-0.2, 0) is 0 Å². The van der Waals surface area contributed by atoms with E-state index in [9.17, 15) is 0 Å². The van der Waals surface area contributed by atoms with Gasteiger partial charge < -0.3 is 0 Å². The summed E-state index contributed by atoms with van der Waals surface area (Å²) in [4.78, 5) is 0. The van der Waals surface area contributed by atoms with Crippen molar-refractivity contribution in [1.29, 1.82) is 0 Å². The van der Waals surface area contributed by atoms with Crippen LogP contribution >= 0.6 is 0 Å². The van der Waals surface area contributed by atoms with Crippen molar-refractivity contribution in [3.05, 3.63) is 144 Å². The van der Waals surface area contributed by atoms with E-state index >= 15 is 0 Å². The number of benzene rings is 4. The minimum atomic E-state index is -0.600. The van der Waals surface area contributed by atoms with Crippen molar-refractivity contribution in [2.24, 2.45) is 0 Å². The predicted molar refractivity (Wildman–Crippen MR) is 134 cm³/mol. The molecule has 0 amide bonds. The fraction of sp³-hybridized carbons (Fsp3) is 0.0714. The van der Waals surface area contributed by atoms with Crippen LogP contribution < -0.4 is 0 Å². The quantitative estimate of drug-likeness (QED) is 0.311. The molecule has 4 rings (SSSR count). The average molecular weight is 419 g/mol. The SMILES string of the molecule is C(#C[SiH2]C(c1ccccc1)c1ccccc1)[SiH2]C(c1ccccc1)c1ccccc1. The molecule has 4 aromatic rings. The summed E-state index contributed by atoms with van der Waals surface area (Å²) in [5.41, 5.74) is 13.9. The molecule has 4 aromatic carbocycles. The molecule has 0 fully saturated rings. The first-order valence-corrected chi connectivity index (χ1v) is 13.6. The van der Waals surface area contributed by atoms with E-state index in [1.54, 1.807) is 0 Å². The smallest absolute Gasteiger partial charge is 0.117 e. The lowest BCUT2D eigenvalue weighted by Crippen LogP contribution is -2.11. The van der Waals surface area contributed by atoms with Gasteiger partial charge >= 0.3 is 0 Å². The summed E-state index contributed by atoms with van der Waals surface area (Å²) >= 11 is 0. The third-order valence-electron chi connectivity index (χ3n) is 5.55. The lowest BCUT2D eigenvalue weighted by molar-refractivity contribution is 1.13. The first-order chi connectivity index (χ1) is 14.9. The van der Waals surface area contributed by atoms with E-state index in [4.69, 9.17) is 0 Å². The normalized spacial score (nSPS) is 11.4. The van der Waals surface area contributed by atoms with Gasteiger partial charge in [-0.15, -0.1) is 11.1 Å². The monoisotopic (exact) mass is 418 g/mol. The summed E-state index contributed by atoms with van der Waals surface area (Å²) in [6, 6.07) is 43.5. The van der Waals surface area contributed by atoms with Crippen LogP contribution in [0.3, 0.4) is 0 Å². The predicted octanol–water partition coefficient (Wildman–Crippen LogP) is 4.82. The minimum absolute atomic E-state index is 0.459. The van der Waals surface area contributed by atoms with E-state index in [0.29, 0.717) is 11.1 Å². The molecule has 0 spiro atoms. The Kier molecular flexibility index (Phi) is 7.12. The van der Waals surface area contributed by atoms with Crippen molar-refractivity contribution in [1.82, 2.24) is 0 Å². The second kappa shape index (κ2) is 10.6. The molecule has 0 saturated heterocycles. The molecule has 0 radical (unpaired) electrons. The van der Waals surface area contributed by atoms with Crippen LogP contribution in [0.5, 0.6) is 0 Å². The maximum absolute atomic E-state index is 3.70. The summed E-state index contributed by atoms with van der Waals surface area (Å²) in [6.07, 6.45) is 0. The summed E-state index contributed by atoms with van der Waals surface area (Å²) in [5, 5.41) is 0. The van der Waals surface area contributed by atoms with Crippen molar-refractivity contribution in [3.63, 3.8) is 0 Å². The zero-order valence-corrected chi connectivity index (χ0v) is 19.9. The molecule has 0 nitrogen and oxygen atoms in total. The zero-order chi connectivity index (χ0) is 20.4. The van der Waals surface area contributed by atoms with Gasteiger partial charge in [-0.05, 0) is 22.3 Å². The topological polar surface area (TPSA) is 0 Å². The van der Waals surface area contributed by atoms with Gasteiger partial charge in [0.2, 0.25) is 0 Å². The van der Waals surface area contributed by atoms with Gasteiger partial charge in [-0.1, -0.05) is 121 Å². The first-order valence-electron chi connectivity index (χ1n) is 10.6. The molecule has 0 bridgehead atoms. The molecule has 0 atom stereocenters. The van der Waals surface area contributed by atoms with E-state index in [2.05, 4.69) is 132 Å². The maximum Gasteiger partial charge on any atom is 0.117 e. The van der Waals surface area contributed by atoms with Gasteiger partial charge in [-0.2, -0.15) is 0 Å². The highest BCUT2D eigenvalue weighted by molar-refractivity contribution is 6.55. The molecule has 30 heavy (non-hydrogen) atoms. The van der Waals surface area contributed by atoms with Gasteiger partial charge in [0.15, 0.2) is 0 Å². The third-order valence-corrected chi connectivity index (χ3v) is 9.66. The van der Waals surface area contributed by atoms with Gasteiger partial charge in [0.25, 0.3) is 0 Å². The van der Waals surface area contributed by atoms with Gasteiger partial charge in [0.1, 0.15) is 19.0 Å². The number of hydrogen-bond acceptors (Lipinski definition) is 0. The fourth-order valence-electron chi connectivity index (χ4n) is 3.95. The van der Waals surface area contributed by atoms with Gasteiger partial charge in [0, 0.05) is 11.1 Å². The standard InChI is InChI=1S/C28H26Si2/c1-5-13-23(14-6-1)27(24-15-7-2-8-16-24)29-21-22-30-28(25-17-9-3-10-18-25)26-19-11-4-12-20-26/h1-20,27-28H,29-30H2. The highest BCUT2D eigenvalue weighted by Gasteiger charge is 2.15. The molecule has 0 aromatic heterocycles. The third kappa shape index (κ3) is 5.27. The van der Waals surface area contributed by atoms with Gasteiger partial charge in [-0.25, -0.2) is 0 Å². The molecule has 0 aliphatic carbocycles. The average Bonchev–Trinajstić information content (AvgIpc) is 2.84. The Hall–Kier alpha value is -3.13. The van der Waals surface area contributed by atoms with Gasteiger partial charge in [0.05, 0.1) is 0 Å². The fourth-order valence-corrected chi connectivity index (χ4v) is 7.54. The Bertz CT molecular complexity index is 914. The first kappa shape index (κ1) is 20.2. The highest BCUT2D eigenvalue weighted by atomic mass is 28.2. The van der Waals surface area contributed by atoms with Crippen LogP contribution in [0.25, 0.3) is 0 Å². The van der Waals surface area contributed by atoms with E-state index in [0.717, 1.165) is 0 Å². The second-order valence-corrected chi connectivity index (χ2v) is 10.7.